The average molecular weight is 327 g/mol. The Morgan fingerprint density at radius 2 is 1.92 bits per heavy atom. The third kappa shape index (κ3) is 3.00. The van der Waals surface area contributed by atoms with Crippen LogP contribution in [0, 0.1) is 18.8 Å². The predicted molar refractivity (Wildman–Crippen MR) is 89.4 cm³/mol. The number of piperidine rings is 1. The fourth-order valence-corrected chi connectivity index (χ4v) is 3.32. The summed E-state index contributed by atoms with van der Waals surface area (Å²) >= 11 is 0. The van der Waals surface area contributed by atoms with Gasteiger partial charge in [0.05, 0.1) is 0 Å². The maximum Gasteiger partial charge on any atom is 0.227 e. The predicted octanol–water partition coefficient (Wildman–Crippen LogP) is 2.72. The van der Waals surface area contributed by atoms with Gasteiger partial charge in [0.15, 0.2) is 11.5 Å². The van der Waals surface area contributed by atoms with Crippen molar-refractivity contribution in [2.75, 3.05) is 18.4 Å². The van der Waals surface area contributed by atoms with Gasteiger partial charge in [-0.05, 0) is 43.9 Å². The van der Waals surface area contributed by atoms with Crippen molar-refractivity contribution in [1.29, 1.82) is 0 Å². The summed E-state index contributed by atoms with van der Waals surface area (Å²) in [7, 11) is 0. The lowest BCUT2D eigenvalue weighted by Gasteiger charge is -2.31. The normalized spacial score (nSPS) is 18.8. The number of likely N-dealkylation sites (tertiary alicyclic amines) is 1. The van der Waals surface area contributed by atoms with Crippen molar-refractivity contribution < 1.29 is 14.0 Å². The van der Waals surface area contributed by atoms with Gasteiger partial charge in [-0.15, -0.1) is 0 Å². The molecule has 0 unspecified atom stereocenters. The zero-order valence-electron chi connectivity index (χ0n) is 13.7. The van der Waals surface area contributed by atoms with Gasteiger partial charge in [-0.1, -0.05) is 0 Å². The Balaban J connectivity index is 1.36. The molecular formula is C18H21N3O3. The summed E-state index contributed by atoms with van der Waals surface area (Å²) in [6.07, 6.45) is 3.53. The van der Waals surface area contributed by atoms with Crippen LogP contribution in [0.1, 0.15) is 31.6 Å². The van der Waals surface area contributed by atoms with Crippen molar-refractivity contribution in [2.24, 2.45) is 11.8 Å². The molecule has 0 atom stereocenters. The number of oxazole rings is 1. The highest BCUT2D eigenvalue weighted by Crippen LogP contribution is 2.32. The van der Waals surface area contributed by atoms with E-state index in [-0.39, 0.29) is 23.7 Å². The molecule has 2 aromatic rings. The molecule has 1 aromatic heterocycles. The Hall–Kier alpha value is -2.37. The summed E-state index contributed by atoms with van der Waals surface area (Å²) in [5, 5.41) is 2.97. The highest BCUT2D eigenvalue weighted by molar-refractivity contribution is 5.94. The van der Waals surface area contributed by atoms with E-state index < -0.39 is 0 Å². The van der Waals surface area contributed by atoms with Gasteiger partial charge in [0.1, 0.15) is 5.52 Å². The first-order valence-electron chi connectivity index (χ1n) is 8.57. The van der Waals surface area contributed by atoms with E-state index in [1.165, 1.54) is 0 Å². The van der Waals surface area contributed by atoms with Crippen LogP contribution in [0.5, 0.6) is 0 Å². The van der Waals surface area contributed by atoms with Crippen molar-refractivity contribution in [3.05, 3.63) is 24.1 Å². The van der Waals surface area contributed by atoms with Crippen molar-refractivity contribution >= 4 is 28.6 Å². The largest absolute Gasteiger partial charge is 0.441 e. The molecule has 2 aliphatic rings. The van der Waals surface area contributed by atoms with E-state index in [0.717, 1.165) is 42.5 Å². The lowest BCUT2D eigenvalue weighted by Crippen LogP contribution is -2.42. The Morgan fingerprint density at radius 1 is 1.17 bits per heavy atom. The topological polar surface area (TPSA) is 75.4 Å². The summed E-state index contributed by atoms with van der Waals surface area (Å²) in [5.74, 6) is 1.13. The fraction of sp³-hybridized carbons (Fsp3) is 0.500. The van der Waals surface area contributed by atoms with Crippen LogP contribution >= 0.6 is 0 Å². The van der Waals surface area contributed by atoms with Crippen LogP contribution in [-0.4, -0.2) is 34.8 Å². The van der Waals surface area contributed by atoms with Crippen LogP contribution in [0.15, 0.2) is 22.6 Å². The van der Waals surface area contributed by atoms with Crippen molar-refractivity contribution in [1.82, 2.24) is 9.88 Å². The lowest BCUT2D eigenvalue weighted by atomic mass is 9.95. The smallest absolute Gasteiger partial charge is 0.227 e. The molecule has 2 fully saturated rings. The van der Waals surface area contributed by atoms with E-state index in [1.54, 1.807) is 6.92 Å². The molecule has 1 aromatic carbocycles. The van der Waals surface area contributed by atoms with E-state index in [2.05, 4.69) is 10.3 Å². The van der Waals surface area contributed by atoms with Crippen molar-refractivity contribution in [3.63, 3.8) is 0 Å². The average Bonchev–Trinajstić information content (AvgIpc) is 3.36. The van der Waals surface area contributed by atoms with Gasteiger partial charge >= 0.3 is 0 Å². The summed E-state index contributed by atoms with van der Waals surface area (Å²) in [6, 6.07) is 5.48. The number of fused-ring (bicyclic) bond motifs is 1. The number of aromatic nitrogens is 1. The molecule has 0 bridgehead atoms. The first kappa shape index (κ1) is 15.2. The summed E-state index contributed by atoms with van der Waals surface area (Å²) in [6.45, 7) is 3.18. The Kier molecular flexibility index (Phi) is 3.75. The summed E-state index contributed by atoms with van der Waals surface area (Å²) in [5.41, 5.74) is 2.20. The molecule has 6 heteroatoms. The molecule has 1 saturated carbocycles. The monoisotopic (exact) mass is 327 g/mol. The Labute approximate surface area is 140 Å². The van der Waals surface area contributed by atoms with Crippen molar-refractivity contribution in [3.8, 4) is 0 Å². The van der Waals surface area contributed by atoms with Crippen LogP contribution in [0.4, 0.5) is 5.69 Å². The molecule has 24 heavy (non-hydrogen) atoms. The van der Waals surface area contributed by atoms with Gasteiger partial charge in [-0.3, -0.25) is 9.59 Å². The molecule has 4 rings (SSSR count). The number of carbonyl (C=O) groups excluding carboxylic acids is 2. The zero-order chi connectivity index (χ0) is 16.7. The highest BCUT2D eigenvalue weighted by atomic mass is 16.3. The number of nitrogens with zero attached hydrogens (tertiary/aromatic N) is 2. The number of amides is 2. The van der Waals surface area contributed by atoms with E-state index in [9.17, 15) is 9.59 Å². The third-order valence-corrected chi connectivity index (χ3v) is 4.87. The molecule has 126 valence electrons. The lowest BCUT2D eigenvalue weighted by molar-refractivity contribution is -0.135. The van der Waals surface area contributed by atoms with Gasteiger partial charge in [0.2, 0.25) is 11.8 Å². The fourth-order valence-electron chi connectivity index (χ4n) is 3.32. The maximum absolute atomic E-state index is 12.5. The summed E-state index contributed by atoms with van der Waals surface area (Å²) in [4.78, 5) is 30.7. The first-order chi connectivity index (χ1) is 11.6. The standard InChI is InChI=1S/C18H21N3O3/c1-11-19-15-10-14(4-5-16(15)24-11)20-17(22)12-6-8-21(9-7-12)18(23)13-2-3-13/h4-5,10,12-13H,2-3,6-9H2,1H3,(H,20,22). The Bertz CT molecular complexity index is 786. The number of hydrogen-bond acceptors (Lipinski definition) is 4. The van der Waals surface area contributed by atoms with E-state index >= 15 is 0 Å². The minimum atomic E-state index is -0.0389. The molecule has 0 spiro atoms. The number of benzene rings is 1. The minimum Gasteiger partial charge on any atom is -0.441 e. The molecule has 2 heterocycles. The van der Waals surface area contributed by atoms with Crippen molar-refractivity contribution in [2.45, 2.75) is 32.6 Å². The SMILES string of the molecule is Cc1nc2cc(NC(=O)C3CCN(C(=O)C4CC4)CC3)ccc2o1. The van der Waals surface area contributed by atoms with Crippen LogP contribution < -0.4 is 5.32 Å². The van der Waals surface area contributed by atoms with Gasteiger partial charge in [0, 0.05) is 37.5 Å². The number of aryl methyl sites for hydroxylation is 1. The molecule has 0 radical (unpaired) electrons. The number of anilines is 1. The molecule has 1 N–H and O–H groups in total. The van der Waals surface area contributed by atoms with Crippen LogP contribution in [0.3, 0.4) is 0 Å². The molecule has 6 nitrogen and oxygen atoms in total. The van der Waals surface area contributed by atoms with Gasteiger partial charge < -0.3 is 14.6 Å². The second-order valence-electron chi connectivity index (χ2n) is 6.78. The molecular weight excluding hydrogens is 306 g/mol. The van der Waals surface area contributed by atoms with Gasteiger partial charge in [0.25, 0.3) is 0 Å². The molecule has 1 aliphatic carbocycles. The van der Waals surface area contributed by atoms with E-state index in [4.69, 9.17) is 4.42 Å². The number of rotatable bonds is 3. The summed E-state index contributed by atoms with van der Waals surface area (Å²) < 4.78 is 5.44. The quantitative estimate of drug-likeness (QED) is 0.940. The number of hydrogen-bond donors (Lipinski definition) is 1. The van der Waals surface area contributed by atoms with E-state index in [1.807, 2.05) is 23.1 Å². The van der Waals surface area contributed by atoms with Gasteiger partial charge in [-0.2, -0.15) is 0 Å². The van der Waals surface area contributed by atoms with Crippen LogP contribution in [0.2, 0.25) is 0 Å². The minimum absolute atomic E-state index is 0.0214. The number of carbonyl (C=O) groups is 2. The van der Waals surface area contributed by atoms with E-state index in [0.29, 0.717) is 19.0 Å². The highest BCUT2D eigenvalue weighted by Gasteiger charge is 2.35. The van der Waals surface area contributed by atoms with Gasteiger partial charge in [-0.25, -0.2) is 4.98 Å². The second kappa shape index (κ2) is 5.92. The first-order valence-corrected chi connectivity index (χ1v) is 8.57. The Morgan fingerprint density at radius 3 is 2.62 bits per heavy atom. The molecule has 1 aliphatic heterocycles. The molecule has 1 saturated heterocycles. The molecule has 2 amide bonds. The zero-order valence-corrected chi connectivity index (χ0v) is 13.7. The van der Waals surface area contributed by atoms with Crippen LogP contribution in [0.25, 0.3) is 11.1 Å². The van der Waals surface area contributed by atoms with Crippen LogP contribution in [-0.2, 0) is 9.59 Å². The maximum atomic E-state index is 12.5. The second-order valence-corrected chi connectivity index (χ2v) is 6.78. The number of nitrogens with one attached hydrogen (secondary N) is 1. The third-order valence-electron chi connectivity index (χ3n) is 4.87.